The fourth-order valence-corrected chi connectivity index (χ4v) is 10.5. The standard InChI is InChI=1S/C32H43N3O4/c1-18-34-26(39-35-18)32-12-10-27(2,3)16-20(32)24-21(36)14-23-28(4)15-19(17-33)25(37)31(7,38)22(28)8-9-29(23,5)30(24,6)11-13-32/h14,20,22,24,37-38H,8-13,15-16H2,1-7H3/t20-,22+,24-,28-,29+,30+,31-,32-/m0/s1. The van der Waals surface area contributed by atoms with Gasteiger partial charge < -0.3 is 14.7 Å². The van der Waals surface area contributed by atoms with Crippen LogP contribution in [0.1, 0.15) is 105 Å². The Bertz CT molecular complexity index is 1360. The Morgan fingerprint density at radius 1 is 1.08 bits per heavy atom. The minimum atomic E-state index is -1.51. The molecule has 0 aliphatic heterocycles. The van der Waals surface area contributed by atoms with Gasteiger partial charge in [0.05, 0.1) is 17.1 Å². The third-order valence-electron chi connectivity index (χ3n) is 12.8. The summed E-state index contributed by atoms with van der Waals surface area (Å²) in [6.07, 6.45) is 8.51. The van der Waals surface area contributed by atoms with Gasteiger partial charge in [0.25, 0.3) is 0 Å². The summed E-state index contributed by atoms with van der Waals surface area (Å²) in [7, 11) is 0. The lowest BCUT2D eigenvalue weighted by atomic mass is 9.34. The molecule has 2 N–H and O–H groups in total. The van der Waals surface area contributed by atoms with Crippen molar-refractivity contribution in [3.05, 3.63) is 34.7 Å². The maximum atomic E-state index is 14.5. The van der Waals surface area contributed by atoms with E-state index in [-0.39, 0.29) is 56.5 Å². The zero-order chi connectivity index (χ0) is 28.4. The number of aliphatic hydroxyl groups excluding tert-OH is 1. The molecule has 1 aromatic heterocycles. The number of nitrogens with zero attached hydrogens (tertiary/aromatic N) is 3. The molecule has 210 valence electrons. The molecule has 1 aromatic rings. The van der Waals surface area contributed by atoms with E-state index in [1.165, 1.54) is 0 Å². The number of carbonyl (C=O) groups is 1. The number of hydrogen-bond acceptors (Lipinski definition) is 7. The lowest BCUT2D eigenvalue weighted by molar-refractivity contribution is -0.167. The molecule has 0 radical (unpaired) electrons. The smallest absolute Gasteiger partial charge is 0.233 e. The molecule has 5 aliphatic rings. The van der Waals surface area contributed by atoms with Gasteiger partial charge in [0.15, 0.2) is 11.6 Å². The molecule has 7 nitrogen and oxygen atoms in total. The molecule has 3 saturated carbocycles. The molecule has 6 rings (SSSR count). The van der Waals surface area contributed by atoms with Gasteiger partial charge in [-0.05, 0) is 93.5 Å². The fraction of sp³-hybridized carbons (Fsp3) is 0.750. The molecule has 3 fully saturated rings. The average molecular weight is 534 g/mol. The van der Waals surface area contributed by atoms with Crippen LogP contribution in [0.25, 0.3) is 0 Å². The van der Waals surface area contributed by atoms with E-state index in [4.69, 9.17) is 9.51 Å². The Morgan fingerprint density at radius 3 is 2.41 bits per heavy atom. The van der Waals surface area contributed by atoms with Gasteiger partial charge in [0, 0.05) is 17.3 Å². The van der Waals surface area contributed by atoms with Crippen LogP contribution in [-0.2, 0) is 10.2 Å². The zero-order valence-corrected chi connectivity index (χ0v) is 24.5. The van der Waals surface area contributed by atoms with Crippen LogP contribution < -0.4 is 0 Å². The molecule has 0 bridgehead atoms. The maximum Gasteiger partial charge on any atom is 0.233 e. The lowest BCUT2D eigenvalue weighted by Crippen LogP contribution is -2.66. The van der Waals surface area contributed by atoms with Crippen molar-refractivity contribution >= 4 is 5.78 Å². The molecule has 8 atom stereocenters. The van der Waals surface area contributed by atoms with Gasteiger partial charge in [-0.2, -0.15) is 10.2 Å². The molecule has 7 heteroatoms. The van der Waals surface area contributed by atoms with Crippen LogP contribution in [-0.4, -0.2) is 31.7 Å². The summed E-state index contributed by atoms with van der Waals surface area (Å²) in [6.45, 7) is 14.9. The largest absolute Gasteiger partial charge is 0.508 e. The van der Waals surface area contributed by atoms with E-state index in [9.17, 15) is 20.3 Å². The molecule has 0 saturated heterocycles. The van der Waals surface area contributed by atoms with Gasteiger partial charge in [0.1, 0.15) is 11.4 Å². The van der Waals surface area contributed by atoms with Gasteiger partial charge in [-0.1, -0.05) is 45.3 Å². The third kappa shape index (κ3) is 3.21. The predicted octanol–water partition coefficient (Wildman–Crippen LogP) is 6.28. The van der Waals surface area contributed by atoms with Gasteiger partial charge >= 0.3 is 0 Å². The first-order chi connectivity index (χ1) is 18.1. The number of allylic oxidation sites excluding steroid dienone is 3. The topological polar surface area (TPSA) is 120 Å². The normalized spacial score (nSPS) is 46.8. The summed E-state index contributed by atoms with van der Waals surface area (Å²) < 4.78 is 5.88. The van der Waals surface area contributed by atoms with Gasteiger partial charge in [-0.3, -0.25) is 4.79 Å². The molecule has 5 aliphatic carbocycles. The Labute approximate surface area is 231 Å². The molecular weight excluding hydrogens is 490 g/mol. The second kappa shape index (κ2) is 7.84. The van der Waals surface area contributed by atoms with E-state index in [0.29, 0.717) is 18.1 Å². The number of aryl methyl sites for hydroxylation is 1. The number of aliphatic hydroxyl groups is 2. The quantitative estimate of drug-likeness (QED) is 0.436. The third-order valence-corrected chi connectivity index (χ3v) is 12.8. The monoisotopic (exact) mass is 533 g/mol. The lowest BCUT2D eigenvalue weighted by Gasteiger charge is -2.69. The van der Waals surface area contributed by atoms with E-state index < -0.39 is 11.0 Å². The minimum absolute atomic E-state index is 0.0978. The zero-order valence-electron chi connectivity index (χ0n) is 24.5. The SMILES string of the molecule is Cc1noc([C@]23CCC(C)(C)C[C@H]2[C@H]2C(=O)C=C4[C@@]5(C)CC(C#N)=C(O)[C@@](C)(O)[C@@H]5CC[C@@]4(C)[C@]2(C)CC3)n1. The number of fused-ring (bicyclic) bond motifs is 7. The molecule has 0 unspecified atom stereocenters. The second-order valence-electron chi connectivity index (χ2n) is 15.2. The molecular formula is C32H43N3O4. The first-order valence-corrected chi connectivity index (χ1v) is 14.7. The van der Waals surface area contributed by atoms with E-state index in [1.807, 2.05) is 13.0 Å². The van der Waals surface area contributed by atoms with Crippen molar-refractivity contribution in [1.29, 1.82) is 5.26 Å². The van der Waals surface area contributed by atoms with E-state index in [0.717, 1.165) is 50.5 Å². The van der Waals surface area contributed by atoms with Crippen molar-refractivity contribution in [3.8, 4) is 6.07 Å². The minimum Gasteiger partial charge on any atom is -0.508 e. The summed E-state index contributed by atoms with van der Waals surface area (Å²) in [4.78, 5) is 19.3. The summed E-state index contributed by atoms with van der Waals surface area (Å²) in [5.41, 5.74) is -1.56. The molecule has 1 heterocycles. The first kappa shape index (κ1) is 26.7. The highest BCUT2D eigenvalue weighted by Crippen LogP contribution is 2.74. The molecule has 0 spiro atoms. The summed E-state index contributed by atoms with van der Waals surface area (Å²) >= 11 is 0. The van der Waals surface area contributed by atoms with E-state index in [2.05, 4.69) is 45.8 Å². The Balaban J connectivity index is 1.52. The number of nitriles is 1. The number of aromatic nitrogens is 2. The first-order valence-electron chi connectivity index (χ1n) is 14.7. The van der Waals surface area contributed by atoms with Crippen LogP contribution in [0.3, 0.4) is 0 Å². The van der Waals surface area contributed by atoms with Gasteiger partial charge in [-0.25, -0.2) is 0 Å². The highest BCUT2D eigenvalue weighted by atomic mass is 16.5. The number of hydrogen-bond donors (Lipinski definition) is 2. The molecule has 0 amide bonds. The number of ketones is 1. The van der Waals surface area contributed by atoms with E-state index >= 15 is 0 Å². The Morgan fingerprint density at radius 2 is 1.77 bits per heavy atom. The van der Waals surface area contributed by atoms with Crippen molar-refractivity contribution in [1.82, 2.24) is 10.1 Å². The number of rotatable bonds is 1. The summed E-state index contributed by atoms with van der Waals surface area (Å²) in [5.74, 6) is 0.952. The van der Waals surface area contributed by atoms with Crippen LogP contribution in [0.2, 0.25) is 0 Å². The maximum absolute atomic E-state index is 14.5. The van der Waals surface area contributed by atoms with Crippen LogP contribution in [0.5, 0.6) is 0 Å². The Hall–Kier alpha value is -2.46. The highest BCUT2D eigenvalue weighted by Gasteiger charge is 2.71. The van der Waals surface area contributed by atoms with Crippen LogP contribution in [0, 0.1) is 57.7 Å². The van der Waals surface area contributed by atoms with E-state index in [1.54, 1.807) is 6.92 Å². The van der Waals surface area contributed by atoms with Crippen LogP contribution >= 0.6 is 0 Å². The van der Waals surface area contributed by atoms with Gasteiger partial charge in [0.2, 0.25) is 5.89 Å². The summed E-state index contributed by atoms with van der Waals surface area (Å²) in [6, 6.07) is 2.16. The molecule has 0 aromatic carbocycles. The van der Waals surface area contributed by atoms with Crippen molar-refractivity contribution in [3.63, 3.8) is 0 Å². The summed E-state index contributed by atoms with van der Waals surface area (Å²) in [5, 5.41) is 36.4. The number of carbonyl (C=O) groups excluding carboxylic acids is 1. The van der Waals surface area contributed by atoms with Crippen molar-refractivity contribution in [2.75, 3.05) is 0 Å². The predicted molar refractivity (Wildman–Crippen MR) is 145 cm³/mol. The second-order valence-corrected chi connectivity index (χ2v) is 15.2. The van der Waals surface area contributed by atoms with Crippen molar-refractivity contribution < 1.29 is 19.5 Å². The van der Waals surface area contributed by atoms with Crippen LogP contribution in [0.4, 0.5) is 0 Å². The average Bonchev–Trinajstić information content (AvgIpc) is 3.29. The fourth-order valence-electron chi connectivity index (χ4n) is 10.5. The highest BCUT2D eigenvalue weighted by molar-refractivity contribution is 5.95. The Kier molecular flexibility index (Phi) is 5.38. The van der Waals surface area contributed by atoms with Gasteiger partial charge in [-0.15, -0.1) is 0 Å². The molecule has 39 heavy (non-hydrogen) atoms. The van der Waals surface area contributed by atoms with Crippen molar-refractivity contribution in [2.24, 2.45) is 39.4 Å². The van der Waals surface area contributed by atoms with Crippen molar-refractivity contribution in [2.45, 2.75) is 111 Å². The van der Waals surface area contributed by atoms with Crippen LogP contribution in [0.15, 0.2) is 27.5 Å².